The first kappa shape index (κ1) is 23.4. The van der Waals surface area contributed by atoms with Gasteiger partial charge in [-0.3, -0.25) is 29.5 Å². The third kappa shape index (κ3) is 5.08. The SMILES string of the molecule is CCOc1cccc(NC2=C(c3ccc([N+](=O)[O-])cc3)C(=O)N(CCN3CCOCC3)C2=O)c1. The minimum atomic E-state index is -0.507. The van der Waals surface area contributed by atoms with Crippen LogP contribution < -0.4 is 10.1 Å². The standard InChI is InChI=1S/C24H26N4O6/c1-2-34-20-5-3-4-18(16-20)25-22-21(17-6-8-19(9-7-17)28(31)32)23(29)27(24(22)30)11-10-26-12-14-33-15-13-26/h3-9,16,25H,2,10-15H2,1H3. The zero-order chi connectivity index (χ0) is 24.1. The molecule has 10 heteroatoms. The van der Waals surface area contributed by atoms with E-state index in [9.17, 15) is 19.7 Å². The molecule has 2 heterocycles. The number of nitrogens with one attached hydrogen (secondary N) is 1. The van der Waals surface area contributed by atoms with Crippen LogP contribution in [0.15, 0.2) is 54.2 Å². The highest BCUT2D eigenvalue weighted by molar-refractivity contribution is 6.36. The van der Waals surface area contributed by atoms with Gasteiger partial charge in [0.25, 0.3) is 17.5 Å². The van der Waals surface area contributed by atoms with E-state index in [1.54, 1.807) is 24.3 Å². The first-order chi connectivity index (χ1) is 16.5. The average molecular weight is 466 g/mol. The number of amides is 2. The van der Waals surface area contributed by atoms with Gasteiger partial charge < -0.3 is 14.8 Å². The second-order valence-electron chi connectivity index (χ2n) is 7.86. The molecule has 0 aromatic heterocycles. The van der Waals surface area contributed by atoms with Crippen molar-refractivity contribution < 1.29 is 24.0 Å². The third-order valence-electron chi connectivity index (χ3n) is 5.69. The van der Waals surface area contributed by atoms with E-state index in [1.807, 2.05) is 6.92 Å². The highest BCUT2D eigenvalue weighted by Gasteiger charge is 2.39. The van der Waals surface area contributed by atoms with Gasteiger partial charge in [-0.1, -0.05) is 6.07 Å². The number of rotatable bonds is 9. The van der Waals surface area contributed by atoms with Crippen molar-refractivity contribution in [3.05, 3.63) is 69.9 Å². The van der Waals surface area contributed by atoms with Gasteiger partial charge in [-0.25, -0.2) is 0 Å². The zero-order valence-electron chi connectivity index (χ0n) is 18.9. The average Bonchev–Trinajstić information content (AvgIpc) is 3.07. The summed E-state index contributed by atoms with van der Waals surface area (Å²) in [5.74, 6) is -0.241. The smallest absolute Gasteiger partial charge is 0.278 e. The molecule has 2 aliphatic rings. The summed E-state index contributed by atoms with van der Waals surface area (Å²) in [5.41, 5.74) is 1.25. The second kappa shape index (κ2) is 10.4. The maximum Gasteiger partial charge on any atom is 0.278 e. The first-order valence-corrected chi connectivity index (χ1v) is 11.1. The minimum Gasteiger partial charge on any atom is -0.494 e. The van der Waals surface area contributed by atoms with Crippen molar-refractivity contribution in [2.24, 2.45) is 0 Å². The highest BCUT2D eigenvalue weighted by Crippen LogP contribution is 2.32. The number of benzene rings is 2. The van der Waals surface area contributed by atoms with E-state index in [4.69, 9.17) is 9.47 Å². The number of nitro groups is 1. The number of morpholine rings is 1. The van der Waals surface area contributed by atoms with Crippen molar-refractivity contribution in [3.63, 3.8) is 0 Å². The lowest BCUT2D eigenvalue weighted by atomic mass is 10.0. The number of nitrogens with zero attached hydrogens (tertiary/aromatic N) is 3. The molecule has 0 radical (unpaired) electrons. The quantitative estimate of drug-likeness (QED) is 0.341. The van der Waals surface area contributed by atoms with E-state index < -0.39 is 16.7 Å². The molecular weight excluding hydrogens is 440 g/mol. The highest BCUT2D eigenvalue weighted by atomic mass is 16.6. The van der Waals surface area contributed by atoms with Crippen LogP contribution in [0.1, 0.15) is 12.5 Å². The van der Waals surface area contributed by atoms with Crippen molar-refractivity contribution in [1.29, 1.82) is 0 Å². The molecule has 1 fully saturated rings. The fourth-order valence-electron chi connectivity index (χ4n) is 3.95. The lowest BCUT2D eigenvalue weighted by molar-refractivity contribution is -0.384. The Morgan fingerprint density at radius 2 is 1.79 bits per heavy atom. The molecule has 34 heavy (non-hydrogen) atoms. The minimum absolute atomic E-state index is 0.0933. The monoisotopic (exact) mass is 466 g/mol. The molecule has 0 bridgehead atoms. The van der Waals surface area contributed by atoms with Gasteiger partial charge in [0.2, 0.25) is 0 Å². The summed E-state index contributed by atoms with van der Waals surface area (Å²) in [6, 6.07) is 12.7. The fraction of sp³-hybridized carbons (Fsp3) is 0.333. The van der Waals surface area contributed by atoms with E-state index in [0.29, 0.717) is 43.4 Å². The molecule has 2 aromatic rings. The Labute approximate surface area is 196 Å². The Morgan fingerprint density at radius 1 is 1.06 bits per heavy atom. The molecule has 178 valence electrons. The van der Waals surface area contributed by atoms with E-state index in [0.717, 1.165) is 13.1 Å². The van der Waals surface area contributed by atoms with E-state index >= 15 is 0 Å². The number of imide groups is 1. The van der Waals surface area contributed by atoms with Crippen molar-refractivity contribution in [2.75, 3.05) is 51.3 Å². The van der Waals surface area contributed by atoms with Crippen LogP contribution in [0.3, 0.4) is 0 Å². The molecule has 1 saturated heterocycles. The fourth-order valence-corrected chi connectivity index (χ4v) is 3.95. The molecule has 4 rings (SSSR count). The van der Waals surface area contributed by atoms with Crippen LogP contribution in [-0.2, 0) is 14.3 Å². The van der Waals surface area contributed by atoms with Gasteiger partial charge in [-0.2, -0.15) is 0 Å². The van der Waals surface area contributed by atoms with Crippen molar-refractivity contribution in [1.82, 2.24) is 9.80 Å². The molecular formula is C24H26N4O6. The molecule has 0 atom stereocenters. The summed E-state index contributed by atoms with van der Waals surface area (Å²) < 4.78 is 10.9. The molecule has 1 N–H and O–H groups in total. The number of hydrogen-bond donors (Lipinski definition) is 1. The van der Waals surface area contributed by atoms with E-state index in [1.165, 1.54) is 29.2 Å². The Hall–Kier alpha value is -3.76. The lowest BCUT2D eigenvalue weighted by Gasteiger charge is -2.28. The summed E-state index contributed by atoms with van der Waals surface area (Å²) in [4.78, 5) is 40.7. The predicted molar refractivity (Wildman–Crippen MR) is 125 cm³/mol. The number of hydrogen-bond acceptors (Lipinski definition) is 8. The van der Waals surface area contributed by atoms with Crippen LogP contribution >= 0.6 is 0 Å². The van der Waals surface area contributed by atoms with Crippen LogP contribution in [0, 0.1) is 10.1 Å². The van der Waals surface area contributed by atoms with Gasteiger partial charge in [0, 0.05) is 50.1 Å². The number of anilines is 1. The first-order valence-electron chi connectivity index (χ1n) is 11.1. The van der Waals surface area contributed by atoms with Gasteiger partial charge in [0.15, 0.2) is 0 Å². The number of carbonyl (C=O) groups is 2. The zero-order valence-corrected chi connectivity index (χ0v) is 18.9. The van der Waals surface area contributed by atoms with Crippen molar-refractivity contribution in [2.45, 2.75) is 6.92 Å². The van der Waals surface area contributed by atoms with Crippen LogP contribution in [-0.4, -0.2) is 72.5 Å². The Morgan fingerprint density at radius 3 is 2.47 bits per heavy atom. The number of ether oxygens (including phenoxy) is 2. The number of nitro benzene ring substituents is 1. The molecule has 2 aromatic carbocycles. The van der Waals surface area contributed by atoms with Crippen LogP contribution in [0.4, 0.5) is 11.4 Å². The molecule has 0 spiro atoms. The molecule has 2 aliphatic heterocycles. The van der Waals surface area contributed by atoms with Gasteiger partial charge >= 0.3 is 0 Å². The predicted octanol–water partition coefficient (Wildman–Crippen LogP) is 2.52. The molecule has 0 unspecified atom stereocenters. The Bertz CT molecular complexity index is 1110. The largest absolute Gasteiger partial charge is 0.494 e. The molecule has 0 aliphatic carbocycles. The number of carbonyl (C=O) groups excluding carboxylic acids is 2. The maximum atomic E-state index is 13.4. The Kier molecular flexibility index (Phi) is 7.19. The van der Waals surface area contributed by atoms with Crippen molar-refractivity contribution >= 4 is 28.8 Å². The van der Waals surface area contributed by atoms with Crippen molar-refractivity contribution in [3.8, 4) is 5.75 Å². The summed E-state index contributed by atoms with van der Waals surface area (Å²) in [6.45, 7) is 5.88. The van der Waals surface area contributed by atoms with E-state index in [-0.39, 0.29) is 23.5 Å². The molecule has 0 saturated carbocycles. The molecule has 10 nitrogen and oxygen atoms in total. The maximum absolute atomic E-state index is 13.4. The van der Waals surface area contributed by atoms with Crippen LogP contribution in [0.5, 0.6) is 5.75 Å². The molecule has 2 amide bonds. The van der Waals surface area contributed by atoms with Crippen LogP contribution in [0.2, 0.25) is 0 Å². The Balaban J connectivity index is 1.64. The van der Waals surface area contributed by atoms with Gasteiger partial charge in [-0.15, -0.1) is 0 Å². The summed E-state index contributed by atoms with van der Waals surface area (Å²) in [5, 5.41) is 14.1. The third-order valence-corrected chi connectivity index (χ3v) is 5.69. The van der Waals surface area contributed by atoms with Gasteiger partial charge in [0.1, 0.15) is 11.4 Å². The van der Waals surface area contributed by atoms with Gasteiger partial charge in [-0.05, 0) is 36.8 Å². The van der Waals surface area contributed by atoms with Gasteiger partial charge in [0.05, 0.1) is 30.3 Å². The topological polar surface area (TPSA) is 114 Å². The lowest BCUT2D eigenvalue weighted by Crippen LogP contribution is -2.43. The number of non-ortho nitro benzene ring substituents is 1. The second-order valence-corrected chi connectivity index (χ2v) is 7.86. The summed E-state index contributed by atoms with van der Waals surface area (Å²) in [6.07, 6.45) is 0. The normalized spacial score (nSPS) is 16.8. The summed E-state index contributed by atoms with van der Waals surface area (Å²) >= 11 is 0. The van der Waals surface area contributed by atoms with Crippen LogP contribution in [0.25, 0.3) is 5.57 Å². The van der Waals surface area contributed by atoms with E-state index in [2.05, 4.69) is 10.2 Å². The summed E-state index contributed by atoms with van der Waals surface area (Å²) in [7, 11) is 0.